The predicted octanol–water partition coefficient (Wildman–Crippen LogP) is 3.58. The molecular weight excluding hydrogens is 272 g/mol. The lowest BCUT2D eigenvalue weighted by Crippen LogP contribution is -2.32. The average Bonchev–Trinajstić information content (AvgIpc) is 2.83. The fourth-order valence-corrected chi connectivity index (χ4v) is 2.70. The summed E-state index contributed by atoms with van der Waals surface area (Å²) in [6, 6.07) is 2.10. The molecule has 0 fully saturated rings. The molecule has 2 heterocycles. The molecule has 0 atom stereocenters. The number of rotatable bonds is 5. The molecule has 0 aliphatic carbocycles. The molecule has 1 aromatic rings. The van der Waals surface area contributed by atoms with E-state index in [1.54, 1.807) is 0 Å². The summed E-state index contributed by atoms with van der Waals surface area (Å²) < 4.78 is 1.91. The zero-order valence-corrected chi connectivity index (χ0v) is 14.5. The third-order valence-corrected chi connectivity index (χ3v) is 4.30. The highest BCUT2D eigenvalue weighted by atomic mass is 15.3. The average molecular weight is 300 g/mol. The third-order valence-electron chi connectivity index (χ3n) is 4.30. The molecule has 2 rings (SSSR count). The molecule has 0 amide bonds. The summed E-state index contributed by atoms with van der Waals surface area (Å²) in [5.74, 6) is 0. The molecule has 0 bridgehead atoms. The van der Waals surface area contributed by atoms with E-state index in [4.69, 9.17) is 0 Å². The number of nitrogens with one attached hydrogen (secondary N) is 1. The van der Waals surface area contributed by atoms with E-state index >= 15 is 0 Å². The predicted molar refractivity (Wildman–Crippen MR) is 93.1 cm³/mol. The smallest absolute Gasteiger partial charge is 0.0836 e. The van der Waals surface area contributed by atoms with E-state index in [0.29, 0.717) is 0 Å². The summed E-state index contributed by atoms with van der Waals surface area (Å²) >= 11 is 0. The lowest BCUT2D eigenvalue weighted by atomic mass is 10.1. The van der Waals surface area contributed by atoms with Crippen LogP contribution in [-0.4, -0.2) is 27.8 Å². The second kappa shape index (κ2) is 6.86. The van der Waals surface area contributed by atoms with Crippen molar-refractivity contribution < 1.29 is 0 Å². The van der Waals surface area contributed by atoms with Crippen LogP contribution in [0.4, 0.5) is 0 Å². The Morgan fingerprint density at radius 3 is 2.73 bits per heavy atom. The molecule has 4 nitrogen and oxygen atoms in total. The second-order valence-electron chi connectivity index (χ2n) is 6.16. The number of hydrogen-bond donors (Lipinski definition) is 1. The van der Waals surface area contributed by atoms with Crippen molar-refractivity contribution in [1.82, 2.24) is 20.0 Å². The highest BCUT2D eigenvalue weighted by Gasteiger charge is 2.19. The van der Waals surface area contributed by atoms with Gasteiger partial charge in [-0.25, -0.2) is 0 Å². The quantitative estimate of drug-likeness (QED) is 0.902. The fraction of sp³-hybridized carbons (Fsp3) is 0.500. The van der Waals surface area contributed by atoms with Gasteiger partial charge in [0.25, 0.3) is 0 Å². The van der Waals surface area contributed by atoms with Gasteiger partial charge in [-0.05, 0) is 45.0 Å². The number of aromatic nitrogens is 2. The Morgan fingerprint density at radius 2 is 2.18 bits per heavy atom. The Balaban J connectivity index is 2.07. The van der Waals surface area contributed by atoms with Gasteiger partial charge in [-0.3, -0.25) is 4.68 Å². The van der Waals surface area contributed by atoms with Crippen molar-refractivity contribution in [1.29, 1.82) is 0 Å². The van der Waals surface area contributed by atoms with E-state index in [-0.39, 0.29) is 0 Å². The van der Waals surface area contributed by atoms with E-state index in [2.05, 4.69) is 54.9 Å². The first-order chi connectivity index (χ1) is 10.4. The maximum atomic E-state index is 4.42. The molecule has 4 heteroatoms. The second-order valence-corrected chi connectivity index (χ2v) is 6.16. The zero-order valence-electron chi connectivity index (χ0n) is 14.5. The van der Waals surface area contributed by atoms with Crippen LogP contribution in [0, 0.1) is 6.92 Å². The van der Waals surface area contributed by atoms with Crippen molar-refractivity contribution in [2.24, 2.45) is 7.05 Å². The summed E-state index contributed by atoms with van der Waals surface area (Å²) in [6.45, 7) is 14.7. The van der Waals surface area contributed by atoms with Gasteiger partial charge in [-0.1, -0.05) is 19.1 Å². The SMILES string of the molecule is C=C(c1cc(C)nn1C)N1CCC(NC=C(C)CC)=C(C)C1. The Hall–Kier alpha value is -1.97. The highest BCUT2D eigenvalue weighted by Crippen LogP contribution is 2.24. The van der Waals surface area contributed by atoms with Crippen molar-refractivity contribution in [3.63, 3.8) is 0 Å². The molecule has 1 aliphatic rings. The summed E-state index contributed by atoms with van der Waals surface area (Å²) in [5.41, 5.74) is 7.29. The van der Waals surface area contributed by atoms with Crippen LogP contribution in [0.1, 0.15) is 45.0 Å². The van der Waals surface area contributed by atoms with Gasteiger partial charge in [-0.15, -0.1) is 0 Å². The first-order valence-electron chi connectivity index (χ1n) is 7.98. The van der Waals surface area contributed by atoms with Gasteiger partial charge in [0, 0.05) is 32.3 Å². The van der Waals surface area contributed by atoms with Crippen LogP contribution in [-0.2, 0) is 7.05 Å². The first kappa shape index (κ1) is 16.4. The van der Waals surface area contributed by atoms with Crippen molar-refractivity contribution in [3.8, 4) is 0 Å². The maximum absolute atomic E-state index is 4.42. The van der Waals surface area contributed by atoms with E-state index in [1.165, 1.54) is 16.8 Å². The van der Waals surface area contributed by atoms with Crippen LogP contribution in [0.15, 0.2) is 35.7 Å². The van der Waals surface area contributed by atoms with Crippen molar-refractivity contribution in [2.45, 2.75) is 40.5 Å². The van der Waals surface area contributed by atoms with Crippen molar-refractivity contribution in [2.75, 3.05) is 13.1 Å². The molecule has 22 heavy (non-hydrogen) atoms. The standard InChI is InChI=1S/C18H28N4/c1-7-13(2)11-19-17-8-9-22(12-14(17)3)16(5)18-10-15(4)20-21(18)6/h10-11,19H,5,7-9,12H2,1-4,6H3. The molecule has 0 saturated carbocycles. The van der Waals surface area contributed by atoms with Gasteiger partial charge < -0.3 is 10.2 Å². The maximum Gasteiger partial charge on any atom is 0.0836 e. The summed E-state index contributed by atoms with van der Waals surface area (Å²) in [5, 5.41) is 7.90. The number of hydrogen-bond acceptors (Lipinski definition) is 3. The Labute approximate surface area is 134 Å². The zero-order chi connectivity index (χ0) is 16.3. The molecule has 120 valence electrons. The molecule has 1 aromatic heterocycles. The fourth-order valence-electron chi connectivity index (χ4n) is 2.70. The minimum Gasteiger partial charge on any atom is -0.366 e. The summed E-state index contributed by atoms with van der Waals surface area (Å²) in [6.07, 6.45) is 4.24. The third kappa shape index (κ3) is 3.62. The van der Waals surface area contributed by atoms with Gasteiger partial charge in [0.2, 0.25) is 0 Å². The first-order valence-corrected chi connectivity index (χ1v) is 7.98. The Kier molecular flexibility index (Phi) is 5.11. The van der Waals surface area contributed by atoms with Gasteiger partial charge in [0.15, 0.2) is 0 Å². The van der Waals surface area contributed by atoms with Crippen LogP contribution >= 0.6 is 0 Å². The van der Waals surface area contributed by atoms with E-state index in [9.17, 15) is 0 Å². The van der Waals surface area contributed by atoms with Crippen LogP contribution in [0.2, 0.25) is 0 Å². The van der Waals surface area contributed by atoms with Gasteiger partial charge >= 0.3 is 0 Å². The molecule has 0 radical (unpaired) electrons. The minimum absolute atomic E-state index is 0.921. The summed E-state index contributed by atoms with van der Waals surface area (Å²) in [7, 11) is 1.98. The summed E-state index contributed by atoms with van der Waals surface area (Å²) in [4.78, 5) is 2.34. The molecule has 0 spiro atoms. The lowest BCUT2D eigenvalue weighted by Gasteiger charge is -2.32. The Morgan fingerprint density at radius 1 is 1.45 bits per heavy atom. The van der Waals surface area contributed by atoms with Gasteiger partial charge in [-0.2, -0.15) is 5.10 Å². The van der Waals surface area contributed by atoms with Crippen LogP contribution < -0.4 is 5.32 Å². The van der Waals surface area contributed by atoms with Crippen LogP contribution in [0.3, 0.4) is 0 Å². The lowest BCUT2D eigenvalue weighted by molar-refractivity contribution is 0.401. The van der Waals surface area contributed by atoms with E-state index in [1.807, 2.05) is 18.7 Å². The molecule has 0 saturated heterocycles. The van der Waals surface area contributed by atoms with Gasteiger partial charge in [0.05, 0.1) is 17.1 Å². The van der Waals surface area contributed by atoms with Crippen molar-refractivity contribution >= 4 is 5.70 Å². The van der Waals surface area contributed by atoms with E-state index in [0.717, 1.165) is 43.0 Å². The largest absolute Gasteiger partial charge is 0.366 e. The van der Waals surface area contributed by atoms with E-state index < -0.39 is 0 Å². The highest BCUT2D eigenvalue weighted by molar-refractivity contribution is 5.60. The van der Waals surface area contributed by atoms with Gasteiger partial charge in [0.1, 0.15) is 0 Å². The van der Waals surface area contributed by atoms with Crippen molar-refractivity contribution in [3.05, 3.63) is 47.1 Å². The topological polar surface area (TPSA) is 33.1 Å². The number of nitrogens with zero attached hydrogens (tertiary/aromatic N) is 3. The van der Waals surface area contributed by atoms with Crippen LogP contribution in [0.25, 0.3) is 5.70 Å². The number of allylic oxidation sites excluding steroid dienone is 1. The molecule has 1 aliphatic heterocycles. The molecule has 0 aromatic carbocycles. The molecule has 1 N–H and O–H groups in total. The Bertz CT molecular complexity index is 619. The molecular formula is C18H28N4. The van der Waals surface area contributed by atoms with Crippen LogP contribution in [0.5, 0.6) is 0 Å². The monoisotopic (exact) mass is 300 g/mol. The normalized spacial score (nSPS) is 16.2. The number of aryl methyl sites for hydroxylation is 2. The molecule has 0 unspecified atom stereocenters. The minimum atomic E-state index is 0.921.